The maximum absolute atomic E-state index is 10.4. The molecule has 3 N–H and O–H groups in total. The number of benzene rings is 1. The largest absolute Gasteiger partial charge is 0.508 e. The molecule has 1 aliphatic carbocycles. The van der Waals surface area contributed by atoms with E-state index in [4.69, 9.17) is 0 Å². The number of aryl methyl sites for hydroxylation is 1. The van der Waals surface area contributed by atoms with Gasteiger partial charge in [0.2, 0.25) is 0 Å². The number of fused-ring (bicyclic) bond motifs is 1. The average Bonchev–Trinajstić information content (AvgIpc) is 2.67. The summed E-state index contributed by atoms with van der Waals surface area (Å²) < 4.78 is 0. The highest BCUT2D eigenvalue weighted by molar-refractivity contribution is 14.0. The van der Waals surface area contributed by atoms with Crippen LogP contribution >= 0.6 is 24.0 Å². The molecule has 1 aromatic carbocycles. The van der Waals surface area contributed by atoms with Gasteiger partial charge in [-0.25, -0.2) is 0 Å². The fourth-order valence-electron chi connectivity index (χ4n) is 4.43. The number of nitrogens with one attached hydrogen (secondary N) is 2. The second-order valence-electron chi connectivity index (χ2n) is 8.45. The lowest BCUT2D eigenvalue weighted by atomic mass is 9.88. The number of aliphatic imine (C=N–C) groups is 1. The van der Waals surface area contributed by atoms with E-state index in [2.05, 4.69) is 40.4 Å². The number of aromatic hydroxyl groups is 1. The first-order valence-corrected chi connectivity index (χ1v) is 10.6. The summed E-state index contributed by atoms with van der Waals surface area (Å²) in [5.41, 5.74) is 3.78. The van der Waals surface area contributed by atoms with Crippen molar-refractivity contribution in [2.75, 3.05) is 26.7 Å². The zero-order valence-corrected chi connectivity index (χ0v) is 20.0. The third-order valence-corrected chi connectivity index (χ3v) is 5.83. The highest BCUT2D eigenvalue weighted by atomic mass is 127. The van der Waals surface area contributed by atoms with Gasteiger partial charge in [-0.3, -0.25) is 4.99 Å². The first-order valence-electron chi connectivity index (χ1n) is 10.6. The van der Waals surface area contributed by atoms with Crippen LogP contribution in [0.2, 0.25) is 0 Å². The summed E-state index contributed by atoms with van der Waals surface area (Å²) in [6, 6.07) is 4.41. The Morgan fingerprint density at radius 3 is 2.61 bits per heavy atom. The van der Waals surface area contributed by atoms with Crippen LogP contribution in [0.3, 0.4) is 0 Å². The molecule has 1 saturated heterocycles. The normalized spacial score (nSPS) is 18.5. The molecule has 1 heterocycles. The lowest BCUT2D eigenvalue weighted by Gasteiger charge is -2.34. The van der Waals surface area contributed by atoms with Crippen LogP contribution in [0.1, 0.15) is 56.2 Å². The van der Waals surface area contributed by atoms with Gasteiger partial charge >= 0.3 is 0 Å². The molecule has 0 saturated carbocycles. The second kappa shape index (κ2) is 11.2. The number of hydrogen-bond donors (Lipinski definition) is 3. The van der Waals surface area contributed by atoms with E-state index in [1.807, 2.05) is 13.1 Å². The van der Waals surface area contributed by atoms with Crippen molar-refractivity contribution < 1.29 is 5.11 Å². The van der Waals surface area contributed by atoms with Gasteiger partial charge in [0.25, 0.3) is 0 Å². The standard InChI is InChI=1S/C22H36N4O.HI/c1-16(2)15-26-12-10-18(11-13-26)25-22(23-3)24-14-20-19-7-5-4-6-17(19)8-9-21(20)27;/h8-9,16,18,27H,4-7,10-15H2,1-3H3,(H2,23,24,25);1H. The SMILES string of the molecule is CN=C(NCc1c(O)ccc2c1CCCC2)NC1CCN(CC(C)C)CC1.I. The Morgan fingerprint density at radius 1 is 1.21 bits per heavy atom. The fraction of sp³-hybridized carbons (Fsp3) is 0.682. The van der Waals surface area contributed by atoms with Gasteiger partial charge in [0, 0.05) is 44.8 Å². The monoisotopic (exact) mass is 500 g/mol. The number of rotatable bonds is 5. The van der Waals surface area contributed by atoms with E-state index in [1.54, 1.807) is 0 Å². The van der Waals surface area contributed by atoms with Crippen LogP contribution in [0, 0.1) is 5.92 Å². The Labute approximate surface area is 187 Å². The van der Waals surface area contributed by atoms with Crippen molar-refractivity contribution in [2.45, 2.75) is 65.0 Å². The lowest BCUT2D eigenvalue weighted by molar-refractivity contribution is 0.187. The first kappa shape index (κ1) is 23.3. The summed E-state index contributed by atoms with van der Waals surface area (Å²) >= 11 is 0. The molecule has 2 aliphatic rings. The molecule has 0 atom stereocenters. The predicted molar refractivity (Wildman–Crippen MR) is 128 cm³/mol. The molecule has 1 fully saturated rings. The van der Waals surface area contributed by atoms with Crippen LogP contribution in [0.4, 0.5) is 0 Å². The maximum Gasteiger partial charge on any atom is 0.191 e. The van der Waals surface area contributed by atoms with E-state index in [0.29, 0.717) is 18.3 Å². The maximum atomic E-state index is 10.4. The zero-order chi connectivity index (χ0) is 19.2. The van der Waals surface area contributed by atoms with E-state index < -0.39 is 0 Å². The summed E-state index contributed by atoms with van der Waals surface area (Å²) in [6.45, 7) is 8.69. The molecule has 1 aliphatic heterocycles. The number of hydrogen-bond acceptors (Lipinski definition) is 3. The Bertz CT molecular complexity index is 654. The second-order valence-corrected chi connectivity index (χ2v) is 8.45. The molecule has 0 spiro atoms. The van der Waals surface area contributed by atoms with Crippen molar-refractivity contribution in [3.63, 3.8) is 0 Å². The topological polar surface area (TPSA) is 59.9 Å². The molecule has 28 heavy (non-hydrogen) atoms. The molecule has 0 amide bonds. The number of piperidine rings is 1. The molecule has 0 radical (unpaired) electrons. The fourth-order valence-corrected chi connectivity index (χ4v) is 4.43. The van der Waals surface area contributed by atoms with Crippen molar-refractivity contribution >= 4 is 29.9 Å². The van der Waals surface area contributed by atoms with Crippen LogP contribution in [-0.2, 0) is 19.4 Å². The van der Waals surface area contributed by atoms with Crippen LogP contribution in [0.5, 0.6) is 5.75 Å². The first-order chi connectivity index (χ1) is 13.1. The van der Waals surface area contributed by atoms with Gasteiger partial charge in [-0.05, 0) is 61.6 Å². The molecule has 0 unspecified atom stereocenters. The van der Waals surface area contributed by atoms with Crippen LogP contribution in [0.25, 0.3) is 0 Å². The van der Waals surface area contributed by atoms with E-state index in [9.17, 15) is 5.11 Å². The predicted octanol–water partition coefficient (Wildman–Crippen LogP) is 3.67. The van der Waals surface area contributed by atoms with Gasteiger partial charge in [-0.15, -0.1) is 24.0 Å². The summed E-state index contributed by atoms with van der Waals surface area (Å²) in [6.07, 6.45) is 6.97. The molecule has 0 bridgehead atoms. The summed E-state index contributed by atoms with van der Waals surface area (Å²) in [5, 5.41) is 17.4. The van der Waals surface area contributed by atoms with Crippen LogP contribution in [-0.4, -0.2) is 48.7 Å². The highest BCUT2D eigenvalue weighted by Crippen LogP contribution is 2.30. The summed E-state index contributed by atoms with van der Waals surface area (Å²) in [4.78, 5) is 6.97. The molecule has 5 nitrogen and oxygen atoms in total. The minimum absolute atomic E-state index is 0. The Morgan fingerprint density at radius 2 is 1.93 bits per heavy atom. The van der Waals surface area contributed by atoms with Crippen molar-refractivity contribution in [3.05, 3.63) is 28.8 Å². The number of nitrogens with zero attached hydrogens (tertiary/aromatic N) is 2. The average molecular weight is 500 g/mol. The molecule has 3 rings (SSSR count). The lowest BCUT2D eigenvalue weighted by Crippen LogP contribution is -2.49. The van der Waals surface area contributed by atoms with Crippen molar-refractivity contribution in [1.82, 2.24) is 15.5 Å². The molecule has 6 heteroatoms. The third kappa shape index (κ3) is 6.24. The quantitative estimate of drug-likeness (QED) is 0.328. The van der Waals surface area contributed by atoms with Gasteiger partial charge in [0.1, 0.15) is 5.75 Å². The van der Waals surface area contributed by atoms with Crippen LogP contribution < -0.4 is 10.6 Å². The minimum atomic E-state index is 0. The van der Waals surface area contributed by atoms with Gasteiger partial charge in [-0.2, -0.15) is 0 Å². The Balaban J connectivity index is 0.00000280. The smallest absolute Gasteiger partial charge is 0.191 e. The van der Waals surface area contributed by atoms with Gasteiger partial charge < -0.3 is 20.6 Å². The molecule has 0 aromatic heterocycles. The highest BCUT2D eigenvalue weighted by Gasteiger charge is 2.21. The van der Waals surface area contributed by atoms with Crippen molar-refractivity contribution in [3.8, 4) is 5.75 Å². The summed E-state index contributed by atoms with van der Waals surface area (Å²) in [7, 11) is 1.82. The van der Waals surface area contributed by atoms with E-state index in [0.717, 1.165) is 56.2 Å². The molecular formula is C22H37IN4O. The Hall–Kier alpha value is -1.02. The Kier molecular flexibility index (Phi) is 9.34. The van der Waals surface area contributed by atoms with Crippen LogP contribution in [0.15, 0.2) is 17.1 Å². The minimum Gasteiger partial charge on any atom is -0.508 e. The number of guanidine groups is 1. The van der Waals surface area contributed by atoms with Gasteiger partial charge in [0.05, 0.1) is 0 Å². The molecule has 1 aromatic rings. The van der Waals surface area contributed by atoms with Crippen molar-refractivity contribution in [1.29, 1.82) is 0 Å². The van der Waals surface area contributed by atoms with Gasteiger partial charge in [-0.1, -0.05) is 19.9 Å². The van der Waals surface area contributed by atoms with Crippen molar-refractivity contribution in [2.24, 2.45) is 10.9 Å². The zero-order valence-electron chi connectivity index (χ0n) is 17.6. The third-order valence-electron chi connectivity index (χ3n) is 5.83. The summed E-state index contributed by atoms with van der Waals surface area (Å²) in [5.74, 6) is 1.97. The number of halogens is 1. The number of phenols is 1. The molecule has 158 valence electrons. The molecular weight excluding hydrogens is 463 g/mol. The number of likely N-dealkylation sites (tertiary alicyclic amines) is 1. The van der Waals surface area contributed by atoms with Gasteiger partial charge in [0.15, 0.2) is 5.96 Å². The number of phenolic OH excluding ortho intramolecular Hbond substituents is 1. The van der Waals surface area contributed by atoms with E-state index in [1.165, 1.54) is 30.5 Å². The van der Waals surface area contributed by atoms with E-state index in [-0.39, 0.29) is 24.0 Å². The van der Waals surface area contributed by atoms with E-state index >= 15 is 0 Å².